The largest absolute Gasteiger partial charge is 0.496 e. The second kappa shape index (κ2) is 4.50. The van der Waals surface area contributed by atoms with E-state index in [1.165, 1.54) is 32.4 Å². The first kappa shape index (κ1) is 12.5. The van der Waals surface area contributed by atoms with Crippen LogP contribution in [0.3, 0.4) is 0 Å². The van der Waals surface area contributed by atoms with Gasteiger partial charge in [0.1, 0.15) is 16.2 Å². The normalized spacial score (nSPS) is 11.1. The maximum atomic E-state index is 11.6. The van der Waals surface area contributed by atoms with Crippen molar-refractivity contribution in [3.8, 4) is 5.75 Å². The molecule has 0 bridgehead atoms. The zero-order valence-corrected chi connectivity index (χ0v) is 9.54. The predicted molar refractivity (Wildman–Crippen MR) is 56.2 cm³/mol. The Morgan fingerprint density at radius 2 is 2.06 bits per heavy atom. The summed E-state index contributed by atoms with van der Waals surface area (Å²) in [5.74, 6) is -1.35. The summed E-state index contributed by atoms with van der Waals surface area (Å²) < 4.78 is 30.0. The van der Waals surface area contributed by atoms with Crippen LogP contribution in [0.25, 0.3) is 0 Å². The van der Waals surface area contributed by atoms with Gasteiger partial charge in [-0.05, 0) is 19.2 Å². The average Bonchev–Trinajstić information content (AvgIpc) is 2.27. The molecule has 0 aromatic heterocycles. The molecule has 2 N–H and O–H groups in total. The topological polar surface area (TPSA) is 92.7 Å². The highest BCUT2D eigenvalue weighted by Gasteiger charge is 2.24. The van der Waals surface area contributed by atoms with Gasteiger partial charge in [-0.15, -0.1) is 0 Å². The van der Waals surface area contributed by atoms with Gasteiger partial charge in [-0.2, -0.15) is 0 Å². The highest BCUT2D eigenvalue weighted by Crippen LogP contribution is 2.25. The molecule has 0 fully saturated rings. The average molecular weight is 245 g/mol. The molecule has 0 amide bonds. The van der Waals surface area contributed by atoms with Crippen molar-refractivity contribution in [3.63, 3.8) is 0 Å². The van der Waals surface area contributed by atoms with Crippen LogP contribution in [0.1, 0.15) is 10.4 Å². The van der Waals surface area contributed by atoms with Gasteiger partial charge < -0.3 is 9.84 Å². The Balaban J connectivity index is 3.58. The monoisotopic (exact) mass is 245 g/mol. The number of sulfonamides is 1. The van der Waals surface area contributed by atoms with Crippen LogP contribution in [0, 0.1) is 0 Å². The van der Waals surface area contributed by atoms with Gasteiger partial charge in [-0.3, -0.25) is 0 Å². The predicted octanol–water partition coefficient (Wildman–Crippen LogP) is 0.301. The highest BCUT2D eigenvalue weighted by atomic mass is 32.2. The van der Waals surface area contributed by atoms with E-state index in [9.17, 15) is 13.2 Å². The van der Waals surface area contributed by atoms with Gasteiger partial charge >= 0.3 is 5.97 Å². The van der Waals surface area contributed by atoms with Crippen LogP contribution in [0.4, 0.5) is 0 Å². The van der Waals surface area contributed by atoms with E-state index in [1.807, 2.05) is 0 Å². The van der Waals surface area contributed by atoms with Gasteiger partial charge in [-0.25, -0.2) is 17.9 Å². The van der Waals surface area contributed by atoms with Crippen molar-refractivity contribution in [1.82, 2.24) is 4.72 Å². The third-order valence-corrected chi connectivity index (χ3v) is 3.44. The van der Waals surface area contributed by atoms with E-state index in [4.69, 9.17) is 9.84 Å². The molecule has 0 saturated carbocycles. The Morgan fingerprint density at radius 3 is 2.50 bits per heavy atom. The number of hydrogen-bond acceptors (Lipinski definition) is 4. The summed E-state index contributed by atoms with van der Waals surface area (Å²) in [4.78, 5) is 10.7. The quantitative estimate of drug-likeness (QED) is 0.796. The van der Waals surface area contributed by atoms with Crippen molar-refractivity contribution in [3.05, 3.63) is 23.8 Å². The number of benzene rings is 1. The maximum absolute atomic E-state index is 11.6. The third kappa shape index (κ3) is 2.15. The Hall–Kier alpha value is -1.60. The molecule has 0 saturated heterocycles. The molecule has 6 nitrogen and oxygen atoms in total. The van der Waals surface area contributed by atoms with E-state index in [2.05, 4.69) is 4.72 Å². The van der Waals surface area contributed by atoms with Gasteiger partial charge in [0.25, 0.3) is 0 Å². The van der Waals surface area contributed by atoms with Crippen LogP contribution < -0.4 is 9.46 Å². The lowest BCUT2D eigenvalue weighted by molar-refractivity contribution is 0.0689. The molecule has 1 rings (SSSR count). The van der Waals surface area contributed by atoms with Gasteiger partial charge in [0, 0.05) is 0 Å². The Morgan fingerprint density at radius 1 is 1.44 bits per heavy atom. The number of ether oxygens (including phenoxy) is 1. The summed E-state index contributed by atoms with van der Waals surface area (Å²) >= 11 is 0. The number of carboxylic acids is 1. The number of carboxylic acid groups (broad SMARTS) is 1. The van der Waals surface area contributed by atoms with Gasteiger partial charge in [0.15, 0.2) is 0 Å². The summed E-state index contributed by atoms with van der Waals surface area (Å²) in [6, 6.07) is 4.01. The van der Waals surface area contributed by atoms with Crippen molar-refractivity contribution < 1.29 is 23.1 Å². The fourth-order valence-electron chi connectivity index (χ4n) is 1.23. The fraction of sp³-hybridized carbons (Fsp3) is 0.222. The molecule has 0 aliphatic rings. The number of methoxy groups -OCH3 is 1. The smallest absolute Gasteiger partial charge is 0.340 e. The number of nitrogens with one attached hydrogen (secondary N) is 1. The van der Waals surface area contributed by atoms with Crippen molar-refractivity contribution in [2.75, 3.05) is 14.2 Å². The summed E-state index contributed by atoms with van der Waals surface area (Å²) in [5.41, 5.74) is -0.376. The van der Waals surface area contributed by atoms with E-state index in [0.717, 1.165) is 0 Å². The number of hydrogen-bond donors (Lipinski definition) is 2. The molecule has 0 spiro atoms. The lowest BCUT2D eigenvalue weighted by Gasteiger charge is -2.10. The van der Waals surface area contributed by atoms with E-state index < -0.39 is 16.0 Å². The van der Waals surface area contributed by atoms with E-state index in [0.29, 0.717) is 0 Å². The van der Waals surface area contributed by atoms with Crippen LogP contribution in [-0.2, 0) is 10.0 Å². The van der Waals surface area contributed by atoms with Gasteiger partial charge in [-0.1, -0.05) is 6.07 Å². The summed E-state index contributed by atoms with van der Waals surface area (Å²) in [5, 5.41) is 8.96. The third-order valence-electron chi connectivity index (χ3n) is 1.98. The maximum Gasteiger partial charge on any atom is 0.340 e. The van der Waals surface area contributed by atoms with Crippen molar-refractivity contribution in [2.45, 2.75) is 4.90 Å². The molecule has 1 aromatic rings. The van der Waals surface area contributed by atoms with Crippen LogP contribution in [0.2, 0.25) is 0 Å². The number of rotatable bonds is 4. The molecule has 0 aliphatic carbocycles. The van der Waals surface area contributed by atoms with Crippen LogP contribution in [-0.4, -0.2) is 33.7 Å². The van der Waals surface area contributed by atoms with Crippen molar-refractivity contribution >= 4 is 16.0 Å². The number of carbonyl (C=O) groups is 1. The molecule has 0 heterocycles. The van der Waals surface area contributed by atoms with E-state index >= 15 is 0 Å². The van der Waals surface area contributed by atoms with Gasteiger partial charge in [0.2, 0.25) is 10.0 Å². The lowest BCUT2D eigenvalue weighted by atomic mass is 10.2. The molecule has 0 radical (unpaired) electrons. The van der Waals surface area contributed by atoms with Crippen LogP contribution >= 0.6 is 0 Å². The second-order valence-corrected chi connectivity index (χ2v) is 4.70. The molecular formula is C9H11NO5S. The molecule has 1 aromatic carbocycles. The zero-order chi connectivity index (χ0) is 12.3. The van der Waals surface area contributed by atoms with Gasteiger partial charge in [0.05, 0.1) is 7.11 Å². The molecule has 0 aliphatic heterocycles. The van der Waals surface area contributed by atoms with Crippen molar-refractivity contribution in [1.29, 1.82) is 0 Å². The lowest BCUT2D eigenvalue weighted by Crippen LogP contribution is -2.21. The molecule has 16 heavy (non-hydrogen) atoms. The van der Waals surface area contributed by atoms with Crippen molar-refractivity contribution in [2.24, 2.45) is 0 Å². The minimum Gasteiger partial charge on any atom is -0.496 e. The Labute approximate surface area is 92.9 Å². The summed E-state index contributed by atoms with van der Waals surface area (Å²) in [6.45, 7) is 0. The first-order valence-corrected chi connectivity index (χ1v) is 5.76. The Kier molecular flexibility index (Phi) is 3.51. The second-order valence-electron chi connectivity index (χ2n) is 2.85. The summed E-state index contributed by atoms with van der Waals surface area (Å²) in [7, 11) is -1.33. The minimum absolute atomic E-state index is 0.00354. The Bertz CT molecular complexity index is 509. The first-order chi connectivity index (χ1) is 7.44. The van der Waals surface area contributed by atoms with E-state index in [1.54, 1.807) is 0 Å². The standard InChI is InChI=1S/C9H11NO5S/c1-10-16(13,14)7-5-3-4-6(15-2)8(7)9(11)12/h3-5,10H,1-2H3,(H,11,12). The molecule has 0 unspecified atom stereocenters. The SMILES string of the molecule is CNS(=O)(=O)c1cccc(OC)c1C(=O)O. The minimum atomic E-state index is -3.82. The molecular weight excluding hydrogens is 234 g/mol. The molecule has 0 atom stereocenters. The molecule has 88 valence electrons. The fourth-order valence-corrected chi connectivity index (χ4v) is 2.16. The number of aromatic carboxylic acids is 1. The summed E-state index contributed by atoms with van der Waals surface area (Å²) in [6.07, 6.45) is 0. The van der Waals surface area contributed by atoms with Crippen LogP contribution in [0.5, 0.6) is 5.75 Å². The van der Waals surface area contributed by atoms with E-state index in [-0.39, 0.29) is 16.2 Å². The zero-order valence-electron chi connectivity index (χ0n) is 8.72. The highest BCUT2D eigenvalue weighted by molar-refractivity contribution is 7.89. The van der Waals surface area contributed by atoms with Crippen LogP contribution in [0.15, 0.2) is 23.1 Å². The first-order valence-electron chi connectivity index (χ1n) is 4.28. The molecule has 7 heteroatoms.